The zero-order valence-electron chi connectivity index (χ0n) is 25.1. The highest BCUT2D eigenvalue weighted by Gasteiger charge is 2.21. The molecule has 1 heterocycles. The Labute approximate surface area is 265 Å². The molecule has 0 unspecified atom stereocenters. The highest BCUT2D eigenvalue weighted by atomic mass is 35.5. The lowest BCUT2D eigenvalue weighted by molar-refractivity contribution is 0.0733. The first-order chi connectivity index (χ1) is 21.9. The normalized spacial score (nSPS) is 11.0. The quantitative estimate of drug-likeness (QED) is 0.0637. The number of hydrogen-bond acceptors (Lipinski definition) is 7. The van der Waals surface area contributed by atoms with Crippen molar-refractivity contribution >= 4 is 40.6 Å². The van der Waals surface area contributed by atoms with E-state index in [1.165, 1.54) is 6.21 Å². The highest BCUT2D eigenvalue weighted by Crippen LogP contribution is 2.38. The van der Waals surface area contributed by atoms with Crippen LogP contribution in [0, 0.1) is 0 Å². The summed E-state index contributed by atoms with van der Waals surface area (Å²) < 4.78 is 22.6. The molecule has 0 saturated carbocycles. The maximum atomic E-state index is 13.5. The van der Waals surface area contributed by atoms with Crippen LogP contribution in [0.25, 0.3) is 22.0 Å². The maximum absolute atomic E-state index is 13.5. The average Bonchev–Trinajstić information content (AvgIpc) is 3.42. The van der Waals surface area contributed by atoms with Crippen molar-refractivity contribution in [1.29, 1.82) is 0 Å². The lowest BCUT2D eigenvalue weighted by Crippen LogP contribution is -2.19. The number of H-pyrrole nitrogens is 1. The van der Waals surface area contributed by atoms with E-state index in [9.17, 15) is 9.59 Å². The Morgan fingerprint density at radius 2 is 1.56 bits per heavy atom. The van der Waals surface area contributed by atoms with Gasteiger partial charge < -0.3 is 23.9 Å². The third-order valence-electron chi connectivity index (χ3n) is 6.72. The standard InChI is InChI=1S/C35H32ClN3O6/c1-4-42-24-16-17-28-26(20-24)32(25-12-8-9-13-27(25)36)33(38-28)34(40)39-37-21-23-11-7-10-14-29(23)45-35(41)22-15-18-30(43-5-2)31(19-22)44-6-3/h7-21,38H,4-6H2,1-3H3,(H,39,40). The van der Waals surface area contributed by atoms with Crippen LogP contribution in [0.2, 0.25) is 5.02 Å². The number of carbonyl (C=O) groups excluding carboxylic acids is 2. The molecule has 1 amide bonds. The van der Waals surface area contributed by atoms with Crippen LogP contribution in [0.5, 0.6) is 23.0 Å². The van der Waals surface area contributed by atoms with Crippen LogP contribution in [-0.2, 0) is 0 Å². The molecular weight excluding hydrogens is 594 g/mol. The number of halogens is 1. The van der Waals surface area contributed by atoms with Gasteiger partial charge in [0.1, 0.15) is 17.2 Å². The average molecular weight is 626 g/mol. The van der Waals surface area contributed by atoms with Gasteiger partial charge in [0.15, 0.2) is 11.5 Å². The molecule has 0 bridgehead atoms. The molecule has 5 aromatic rings. The van der Waals surface area contributed by atoms with Crippen molar-refractivity contribution in [3.63, 3.8) is 0 Å². The molecule has 0 aliphatic carbocycles. The predicted molar refractivity (Wildman–Crippen MR) is 175 cm³/mol. The van der Waals surface area contributed by atoms with Gasteiger partial charge in [0, 0.05) is 32.6 Å². The maximum Gasteiger partial charge on any atom is 0.343 e. The minimum atomic E-state index is -0.585. The molecule has 1 aromatic heterocycles. The molecule has 0 radical (unpaired) electrons. The minimum absolute atomic E-state index is 0.262. The van der Waals surface area contributed by atoms with Gasteiger partial charge >= 0.3 is 5.97 Å². The number of hydrogen-bond donors (Lipinski definition) is 2. The first-order valence-electron chi connectivity index (χ1n) is 14.5. The number of esters is 1. The largest absolute Gasteiger partial charge is 0.494 e. The summed E-state index contributed by atoms with van der Waals surface area (Å²) in [5, 5.41) is 5.45. The van der Waals surface area contributed by atoms with Gasteiger partial charge in [-0.25, -0.2) is 10.2 Å². The molecule has 230 valence electrons. The zero-order valence-corrected chi connectivity index (χ0v) is 25.8. The molecule has 45 heavy (non-hydrogen) atoms. The van der Waals surface area contributed by atoms with E-state index >= 15 is 0 Å². The number of nitrogens with one attached hydrogen (secondary N) is 2. The van der Waals surface area contributed by atoms with E-state index in [0.29, 0.717) is 64.3 Å². The minimum Gasteiger partial charge on any atom is -0.494 e. The second-order valence-corrected chi connectivity index (χ2v) is 10.1. The molecule has 2 N–H and O–H groups in total. The first-order valence-corrected chi connectivity index (χ1v) is 14.9. The van der Waals surface area contributed by atoms with Gasteiger partial charge in [0.25, 0.3) is 5.91 Å². The number of aromatic nitrogens is 1. The summed E-state index contributed by atoms with van der Waals surface area (Å²) in [5.74, 6) is 0.863. The molecule has 0 spiro atoms. The Bertz CT molecular complexity index is 1870. The predicted octanol–water partition coefficient (Wildman–Crippen LogP) is 7.67. The van der Waals surface area contributed by atoms with Crippen molar-refractivity contribution in [2.45, 2.75) is 20.8 Å². The third-order valence-corrected chi connectivity index (χ3v) is 7.05. The van der Waals surface area contributed by atoms with E-state index in [0.717, 1.165) is 10.9 Å². The lowest BCUT2D eigenvalue weighted by atomic mass is 10.0. The van der Waals surface area contributed by atoms with Gasteiger partial charge in [-0.3, -0.25) is 4.79 Å². The van der Waals surface area contributed by atoms with Crippen molar-refractivity contribution in [3.8, 4) is 34.1 Å². The Kier molecular flexibility index (Phi) is 10.0. The van der Waals surface area contributed by atoms with Crippen LogP contribution < -0.4 is 24.4 Å². The Balaban J connectivity index is 1.38. The van der Waals surface area contributed by atoms with Crippen LogP contribution in [0.3, 0.4) is 0 Å². The number of rotatable bonds is 12. The molecule has 9 nitrogen and oxygen atoms in total. The van der Waals surface area contributed by atoms with Crippen molar-refractivity contribution in [2.24, 2.45) is 5.10 Å². The third kappa shape index (κ3) is 7.11. The molecule has 0 saturated heterocycles. The van der Waals surface area contributed by atoms with Gasteiger partial charge in [-0.1, -0.05) is 41.9 Å². The van der Waals surface area contributed by atoms with Crippen LogP contribution in [-0.4, -0.2) is 42.9 Å². The Hall–Kier alpha value is -5.28. The van der Waals surface area contributed by atoms with E-state index in [1.807, 2.05) is 57.2 Å². The van der Waals surface area contributed by atoms with E-state index in [-0.39, 0.29) is 11.4 Å². The highest BCUT2D eigenvalue weighted by molar-refractivity contribution is 6.34. The number of hydrazone groups is 1. The summed E-state index contributed by atoms with van der Waals surface area (Å²) in [6, 6.07) is 24.6. The smallest absolute Gasteiger partial charge is 0.343 e. The lowest BCUT2D eigenvalue weighted by Gasteiger charge is -2.12. The number of carbonyl (C=O) groups is 2. The molecule has 0 aliphatic heterocycles. The number of para-hydroxylation sites is 1. The van der Waals surface area contributed by atoms with Crippen molar-refractivity contribution in [3.05, 3.63) is 107 Å². The summed E-state index contributed by atoms with van der Waals surface area (Å²) >= 11 is 6.57. The molecule has 0 fully saturated rings. The second-order valence-electron chi connectivity index (χ2n) is 9.65. The topological polar surface area (TPSA) is 111 Å². The van der Waals surface area contributed by atoms with Crippen LogP contribution in [0.4, 0.5) is 0 Å². The zero-order chi connectivity index (χ0) is 31.8. The fourth-order valence-corrected chi connectivity index (χ4v) is 5.01. The number of fused-ring (bicyclic) bond motifs is 1. The monoisotopic (exact) mass is 625 g/mol. The van der Waals surface area contributed by atoms with Gasteiger partial charge in [-0.2, -0.15) is 5.10 Å². The summed E-state index contributed by atoms with van der Waals surface area (Å²) in [4.78, 5) is 29.7. The van der Waals surface area contributed by atoms with Crippen LogP contribution in [0.15, 0.2) is 90.0 Å². The van der Waals surface area contributed by atoms with Crippen molar-refractivity contribution in [1.82, 2.24) is 10.4 Å². The van der Waals surface area contributed by atoms with Crippen LogP contribution >= 0.6 is 11.6 Å². The molecular formula is C35H32ClN3O6. The SMILES string of the molecule is CCOc1ccc2[nH]c(C(=O)NN=Cc3ccccc3OC(=O)c3ccc(OCC)c(OCC)c3)c(-c3ccccc3Cl)c2c1. The van der Waals surface area contributed by atoms with Crippen molar-refractivity contribution < 1.29 is 28.5 Å². The second kappa shape index (κ2) is 14.5. The first kappa shape index (κ1) is 31.2. The van der Waals surface area contributed by atoms with E-state index in [2.05, 4.69) is 15.5 Å². The fraction of sp³-hybridized carbons (Fsp3) is 0.171. The van der Waals surface area contributed by atoms with Gasteiger partial charge in [0.05, 0.1) is 31.6 Å². The summed E-state index contributed by atoms with van der Waals surface area (Å²) in [6.07, 6.45) is 1.41. The molecule has 5 rings (SSSR count). The Morgan fingerprint density at radius 3 is 2.33 bits per heavy atom. The summed E-state index contributed by atoms with van der Waals surface area (Å²) in [7, 11) is 0. The van der Waals surface area contributed by atoms with Crippen molar-refractivity contribution in [2.75, 3.05) is 19.8 Å². The number of nitrogens with zero attached hydrogens (tertiary/aromatic N) is 1. The molecule has 0 aliphatic rings. The van der Waals surface area contributed by atoms with Gasteiger partial charge in [-0.15, -0.1) is 0 Å². The summed E-state index contributed by atoms with van der Waals surface area (Å²) in [6.45, 7) is 7.01. The van der Waals surface area contributed by atoms with E-state index in [1.54, 1.807) is 48.5 Å². The van der Waals surface area contributed by atoms with Crippen LogP contribution in [0.1, 0.15) is 47.2 Å². The molecule has 4 aromatic carbocycles. The number of benzene rings is 4. The van der Waals surface area contributed by atoms with E-state index < -0.39 is 11.9 Å². The Morgan fingerprint density at radius 1 is 0.822 bits per heavy atom. The van der Waals surface area contributed by atoms with Gasteiger partial charge in [-0.05, 0) is 75.4 Å². The molecule has 0 atom stereocenters. The fourth-order valence-electron chi connectivity index (χ4n) is 4.77. The number of ether oxygens (including phenoxy) is 4. The van der Waals surface area contributed by atoms with Gasteiger partial charge in [0.2, 0.25) is 0 Å². The summed E-state index contributed by atoms with van der Waals surface area (Å²) in [5.41, 5.74) is 5.69. The molecule has 10 heteroatoms. The number of amides is 1. The van der Waals surface area contributed by atoms with E-state index in [4.69, 9.17) is 30.5 Å². The number of aromatic amines is 1.